The van der Waals surface area contributed by atoms with Gasteiger partial charge in [-0.1, -0.05) is 53.0 Å². The average Bonchev–Trinajstić information content (AvgIpc) is 3.07. The third-order valence-electron chi connectivity index (χ3n) is 4.79. The molecule has 0 aliphatic carbocycles. The van der Waals surface area contributed by atoms with Gasteiger partial charge < -0.3 is 9.47 Å². The molecule has 2 amide bonds. The largest absolute Gasteiger partial charge is 0.490 e. The topological polar surface area (TPSA) is 55.8 Å². The average molecular weight is 535 g/mol. The molecule has 1 heterocycles. The number of carbonyl (C=O) groups excluding carboxylic acids is 2. The number of hydrogen-bond acceptors (Lipinski definition) is 5. The van der Waals surface area contributed by atoms with E-state index in [0.29, 0.717) is 44.4 Å². The van der Waals surface area contributed by atoms with Crippen molar-refractivity contribution in [1.82, 2.24) is 0 Å². The second-order valence-electron chi connectivity index (χ2n) is 7.18. The van der Waals surface area contributed by atoms with Crippen LogP contribution in [-0.2, 0) is 11.4 Å². The molecule has 9 heteroatoms. The molecule has 174 valence electrons. The second kappa shape index (κ2) is 10.7. The maximum absolute atomic E-state index is 13.0. The molecule has 0 N–H and O–H groups in total. The van der Waals surface area contributed by atoms with Crippen LogP contribution in [0.2, 0.25) is 15.1 Å². The van der Waals surface area contributed by atoms with Crippen LogP contribution in [0.5, 0.6) is 11.5 Å². The summed E-state index contributed by atoms with van der Waals surface area (Å²) in [5.74, 6) is 0.390. The van der Waals surface area contributed by atoms with Gasteiger partial charge in [-0.3, -0.25) is 9.59 Å². The molecule has 1 aliphatic rings. The first-order chi connectivity index (χ1) is 16.4. The lowest BCUT2D eigenvalue weighted by atomic mass is 10.1. The molecule has 1 fully saturated rings. The van der Waals surface area contributed by atoms with Gasteiger partial charge in [0.2, 0.25) is 0 Å². The number of carbonyl (C=O) groups is 2. The van der Waals surface area contributed by atoms with Crippen LogP contribution in [0.1, 0.15) is 18.1 Å². The van der Waals surface area contributed by atoms with Gasteiger partial charge in [-0.25, -0.2) is 4.90 Å². The molecule has 1 saturated heterocycles. The Hall–Kier alpha value is -2.64. The Labute approximate surface area is 216 Å². The standard InChI is InChI=1S/C25H18Cl3NO4S/c1-2-32-21-11-16(10-20(28)23(21)33-14-15-6-8-17(26)9-7-15)12-22-24(30)29(25(31)34-22)19-5-3-4-18(27)13-19/h3-13H,2,14H2,1H3/b22-12+. The highest BCUT2D eigenvalue weighted by molar-refractivity contribution is 8.19. The van der Waals surface area contributed by atoms with Crippen LogP contribution in [0.25, 0.3) is 6.08 Å². The highest BCUT2D eigenvalue weighted by Gasteiger charge is 2.36. The van der Waals surface area contributed by atoms with Crippen molar-refractivity contribution in [3.8, 4) is 11.5 Å². The van der Waals surface area contributed by atoms with E-state index in [1.807, 2.05) is 19.1 Å². The lowest BCUT2D eigenvalue weighted by Crippen LogP contribution is -2.27. The van der Waals surface area contributed by atoms with Gasteiger partial charge in [-0.2, -0.15) is 0 Å². The first kappa shape index (κ1) is 24.5. The van der Waals surface area contributed by atoms with E-state index < -0.39 is 11.1 Å². The van der Waals surface area contributed by atoms with E-state index in [2.05, 4.69) is 0 Å². The van der Waals surface area contributed by atoms with Crippen LogP contribution in [0.15, 0.2) is 65.6 Å². The zero-order chi connectivity index (χ0) is 24.2. The molecule has 4 rings (SSSR count). The van der Waals surface area contributed by atoms with Crippen molar-refractivity contribution < 1.29 is 19.1 Å². The van der Waals surface area contributed by atoms with E-state index in [9.17, 15) is 9.59 Å². The first-order valence-corrected chi connectivity index (χ1v) is 12.2. The molecule has 0 saturated carbocycles. The normalized spacial score (nSPS) is 14.7. The fraction of sp³-hybridized carbons (Fsp3) is 0.120. The van der Waals surface area contributed by atoms with Crippen molar-refractivity contribution in [1.29, 1.82) is 0 Å². The Morgan fingerprint density at radius 3 is 2.41 bits per heavy atom. The fourth-order valence-corrected chi connectivity index (χ4v) is 4.69. The molecule has 3 aromatic rings. The number of halogens is 3. The Kier molecular flexibility index (Phi) is 7.73. The van der Waals surface area contributed by atoms with Crippen molar-refractivity contribution in [3.63, 3.8) is 0 Å². The smallest absolute Gasteiger partial charge is 0.298 e. The molecule has 0 unspecified atom stereocenters. The van der Waals surface area contributed by atoms with E-state index in [0.717, 1.165) is 22.2 Å². The SMILES string of the molecule is CCOc1cc(/C=C2/SC(=O)N(c3cccc(Cl)c3)C2=O)cc(Cl)c1OCc1ccc(Cl)cc1. The van der Waals surface area contributed by atoms with E-state index in [4.69, 9.17) is 44.3 Å². The van der Waals surface area contributed by atoms with E-state index in [1.54, 1.807) is 54.6 Å². The van der Waals surface area contributed by atoms with E-state index >= 15 is 0 Å². The van der Waals surface area contributed by atoms with Crippen molar-refractivity contribution >= 4 is 69.5 Å². The Bertz CT molecular complexity index is 1280. The van der Waals surface area contributed by atoms with Gasteiger partial charge in [0.05, 0.1) is 22.2 Å². The summed E-state index contributed by atoms with van der Waals surface area (Å²) in [5.41, 5.74) is 1.93. The van der Waals surface area contributed by atoms with Crippen LogP contribution in [0, 0.1) is 0 Å². The maximum atomic E-state index is 13.0. The number of nitrogens with zero attached hydrogens (tertiary/aromatic N) is 1. The Morgan fingerprint density at radius 2 is 1.71 bits per heavy atom. The summed E-state index contributed by atoms with van der Waals surface area (Å²) in [6.45, 7) is 2.51. The third-order valence-corrected chi connectivity index (χ3v) is 6.42. The number of imide groups is 1. The van der Waals surface area contributed by atoms with Crippen LogP contribution in [0.4, 0.5) is 10.5 Å². The summed E-state index contributed by atoms with van der Waals surface area (Å²) in [6.07, 6.45) is 1.60. The van der Waals surface area contributed by atoms with Crippen LogP contribution < -0.4 is 14.4 Å². The van der Waals surface area contributed by atoms with Crippen LogP contribution >= 0.6 is 46.6 Å². The minimum Gasteiger partial charge on any atom is -0.490 e. The van der Waals surface area contributed by atoms with Crippen molar-refractivity contribution in [2.45, 2.75) is 13.5 Å². The Balaban J connectivity index is 1.60. The number of rotatable bonds is 7. The molecule has 3 aromatic carbocycles. The molecule has 0 spiro atoms. The van der Waals surface area contributed by atoms with E-state index in [1.165, 1.54) is 0 Å². The minimum atomic E-state index is -0.436. The number of thioether (sulfide) groups is 1. The summed E-state index contributed by atoms with van der Waals surface area (Å²) < 4.78 is 11.7. The minimum absolute atomic E-state index is 0.262. The number of benzene rings is 3. The lowest BCUT2D eigenvalue weighted by Gasteiger charge is -2.15. The molecule has 5 nitrogen and oxygen atoms in total. The fourth-order valence-electron chi connectivity index (χ4n) is 3.27. The number of anilines is 1. The molecule has 0 aromatic heterocycles. The summed E-state index contributed by atoms with van der Waals surface area (Å²) in [4.78, 5) is 26.8. The van der Waals surface area contributed by atoms with Gasteiger partial charge in [-0.05, 0) is 78.4 Å². The number of ether oxygens (including phenoxy) is 2. The molecule has 0 atom stereocenters. The van der Waals surface area contributed by atoms with E-state index in [-0.39, 0.29) is 11.5 Å². The van der Waals surface area contributed by atoms with Gasteiger partial charge in [0.15, 0.2) is 11.5 Å². The summed E-state index contributed by atoms with van der Waals surface area (Å²) in [6, 6.07) is 17.3. The van der Waals surface area contributed by atoms with Crippen molar-refractivity contribution in [2.24, 2.45) is 0 Å². The maximum Gasteiger partial charge on any atom is 0.298 e. The van der Waals surface area contributed by atoms with Crippen LogP contribution in [0.3, 0.4) is 0 Å². The predicted octanol–water partition coefficient (Wildman–Crippen LogP) is 7.87. The summed E-state index contributed by atoms with van der Waals surface area (Å²) in [5, 5.41) is 0.988. The summed E-state index contributed by atoms with van der Waals surface area (Å²) in [7, 11) is 0. The molecule has 0 bridgehead atoms. The quantitative estimate of drug-likeness (QED) is 0.289. The number of hydrogen-bond donors (Lipinski definition) is 0. The van der Waals surface area contributed by atoms with Crippen molar-refractivity contribution in [3.05, 3.63) is 91.8 Å². The number of amides is 2. The van der Waals surface area contributed by atoms with Gasteiger partial charge >= 0.3 is 0 Å². The highest BCUT2D eigenvalue weighted by Crippen LogP contribution is 2.40. The van der Waals surface area contributed by atoms with Gasteiger partial charge in [0, 0.05) is 10.0 Å². The monoisotopic (exact) mass is 533 g/mol. The molecule has 34 heavy (non-hydrogen) atoms. The van der Waals surface area contributed by atoms with Crippen molar-refractivity contribution in [2.75, 3.05) is 11.5 Å². The van der Waals surface area contributed by atoms with Crippen LogP contribution in [-0.4, -0.2) is 17.8 Å². The van der Waals surface area contributed by atoms with Gasteiger partial charge in [0.25, 0.3) is 11.1 Å². The first-order valence-electron chi connectivity index (χ1n) is 10.2. The molecule has 0 radical (unpaired) electrons. The lowest BCUT2D eigenvalue weighted by molar-refractivity contribution is -0.113. The summed E-state index contributed by atoms with van der Waals surface area (Å²) >= 11 is 19.3. The Morgan fingerprint density at radius 1 is 0.941 bits per heavy atom. The molecular formula is C25H18Cl3NO4S. The van der Waals surface area contributed by atoms with Gasteiger partial charge in [0.1, 0.15) is 6.61 Å². The highest BCUT2D eigenvalue weighted by atomic mass is 35.5. The van der Waals surface area contributed by atoms with Gasteiger partial charge in [-0.15, -0.1) is 0 Å². The zero-order valence-electron chi connectivity index (χ0n) is 17.9. The molecule has 1 aliphatic heterocycles. The third kappa shape index (κ3) is 5.53. The predicted molar refractivity (Wildman–Crippen MR) is 138 cm³/mol. The second-order valence-corrected chi connectivity index (χ2v) is 9.45. The zero-order valence-corrected chi connectivity index (χ0v) is 21.0. The molecular weight excluding hydrogens is 517 g/mol.